The zero-order valence-corrected chi connectivity index (χ0v) is 9.39. The fourth-order valence-corrected chi connectivity index (χ4v) is 1.34. The van der Waals surface area contributed by atoms with Gasteiger partial charge >= 0.3 is 0 Å². The van der Waals surface area contributed by atoms with Gasteiger partial charge < -0.3 is 4.74 Å². The van der Waals surface area contributed by atoms with Crippen molar-refractivity contribution in [3.05, 3.63) is 70.7 Å². The molecule has 90 valence electrons. The van der Waals surface area contributed by atoms with Crippen LogP contribution in [-0.4, -0.2) is 9.91 Å². The predicted octanol–water partition coefficient (Wildman–Crippen LogP) is 3.12. The van der Waals surface area contributed by atoms with E-state index in [1.54, 1.807) is 48.8 Å². The van der Waals surface area contributed by atoms with Crippen molar-refractivity contribution in [3.63, 3.8) is 0 Å². The largest absolute Gasteiger partial charge is 0.456 e. The third-order valence-electron chi connectivity index (χ3n) is 2.14. The number of pyridine rings is 1. The maximum Gasteiger partial charge on any atom is 0.235 e. The molecule has 2 rings (SSSR count). The fraction of sp³-hybridized carbons (Fsp3) is 0. The number of nitrogens with zero attached hydrogens (tertiary/aromatic N) is 2. The molecule has 1 aromatic carbocycles. The van der Waals surface area contributed by atoms with E-state index in [0.717, 1.165) is 11.8 Å². The molecule has 2 aromatic rings. The SMILES string of the molecule is O=[N+]([O-])/C=C/c1ccc(Oc2cccnc2)cc1. The second-order valence-corrected chi connectivity index (χ2v) is 3.46. The summed E-state index contributed by atoms with van der Waals surface area (Å²) in [6.07, 6.45) is 5.60. The molecule has 0 spiro atoms. The summed E-state index contributed by atoms with van der Waals surface area (Å²) in [6, 6.07) is 10.5. The average Bonchev–Trinajstić information content (AvgIpc) is 2.39. The first-order valence-electron chi connectivity index (χ1n) is 5.24. The Kier molecular flexibility index (Phi) is 3.66. The molecule has 0 aliphatic heterocycles. The Bertz CT molecular complexity index is 550. The maximum absolute atomic E-state index is 10.2. The molecule has 0 fully saturated rings. The van der Waals surface area contributed by atoms with Crippen molar-refractivity contribution in [2.75, 3.05) is 0 Å². The van der Waals surface area contributed by atoms with E-state index in [2.05, 4.69) is 4.98 Å². The highest BCUT2D eigenvalue weighted by Gasteiger charge is 1.97. The van der Waals surface area contributed by atoms with Crippen LogP contribution in [0.2, 0.25) is 0 Å². The Morgan fingerprint density at radius 3 is 2.56 bits per heavy atom. The van der Waals surface area contributed by atoms with Crippen LogP contribution in [0.1, 0.15) is 5.56 Å². The van der Waals surface area contributed by atoms with Gasteiger partial charge in [-0.05, 0) is 29.8 Å². The van der Waals surface area contributed by atoms with Gasteiger partial charge in [-0.15, -0.1) is 0 Å². The van der Waals surface area contributed by atoms with E-state index in [1.165, 1.54) is 6.08 Å². The molecule has 18 heavy (non-hydrogen) atoms. The van der Waals surface area contributed by atoms with Crippen molar-refractivity contribution in [3.8, 4) is 11.5 Å². The third kappa shape index (κ3) is 3.41. The highest BCUT2D eigenvalue weighted by molar-refractivity contribution is 5.49. The number of hydrogen-bond acceptors (Lipinski definition) is 4. The Morgan fingerprint density at radius 2 is 1.94 bits per heavy atom. The summed E-state index contributed by atoms with van der Waals surface area (Å²) in [6.45, 7) is 0. The Labute approximate surface area is 104 Å². The van der Waals surface area contributed by atoms with Gasteiger partial charge in [0.2, 0.25) is 6.20 Å². The molecule has 0 saturated heterocycles. The second-order valence-electron chi connectivity index (χ2n) is 3.46. The van der Waals surface area contributed by atoms with Gasteiger partial charge in [-0.3, -0.25) is 15.1 Å². The molecule has 0 aliphatic rings. The summed E-state index contributed by atoms with van der Waals surface area (Å²) in [7, 11) is 0. The van der Waals surface area contributed by atoms with Crippen molar-refractivity contribution in [1.82, 2.24) is 4.98 Å². The van der Waals surface area contributed by atoms with Gasteiger partial charge in [-0.2, -0.15) is 0 Å². The van der Waals surface area contributed by atoms with Gasteiger partial charge in [0.25, 0.3) is 0 Å². The number of nitro groups is 1. The van der Waals surface area contributed by atoms with Crippen molar-refractivity contribution in [2.24, 2.45) is 0 Å². The molecule has 0 atom stereocenters. The smallest absolute Gasteiger partial charge is 0.235 e. The normalized spacial score (nSPS) is 10.4. The van der Waals surface area contributed by atoms with Crippen LogP contribution < -0.4 is 4.74 Å². The monoisotopic (exact) mass is 242 g/mol. The molecule has 1 aromatic heterocycles. The third-order valence-corrected chi connectivity index (χ3v) is 2.14. The van der Waals surface area contributed by atoms with Crippen molar-refractivity contribution in [1.29, 1.82) is 0 Å². The summed E-state index contributed by atoms with van der Waals surface area (Å²) < 4.78 is 5.54. The van der Waals surface area contributed by atoms with Crippen LogP contribution in [0, 0.1) is 10.1 Å². The van der Waals surface area contributed by atoms with Crippen LogP contribution >= 0.6 is 0 Å². The zero-order valence-electron chi connectivity index (χ0n) is 9.39. The van der Waals surface area contributed by atoms with Crippen LogP contribution in [0.15, 0.2) is 55.0 Å². The number of ether oxygens (including phenoxy) is 1. The van der Waals surface area contributed by atoms with Crippen LogP contribution in [0.25, 0.3) is 6.08 Å². The highest BCUT2D eigenvalue weighted by atomic mass is 16.6. The van der Waals surface area contributed by atoms with Gasteiger partial charge in [0, 0.05) is 12.3 Å². The molecule has 5 nitrogen and oxygen atoms in total. The molecule has 5 heteroatoms. The van der Waals surface area contributed by atoms with Crippen LogP contribution in [0.3, 0.4) is 0 Å². The number of aromatic nitrogens is 1. The summed E-state index contributed by atoms with van der Waals surface area (Å²) >= 11 is 0. The van der Waals surface area contributed by atoms with Gasteiger partial charge in [-0.25, -0.2) is 0 Å². The molecular weight excluding hydrogens is 232 g/mol. The minimum absolute atomic E-state index is 0.500. The van der Waals surface area contributed by atoms with E-state index in [4.69, 9.17) is 4.74 Å². The summed E-state index contributed by atoms with van der Waals surface area (Å²) in [5.41, 5.74) is 0.741. The molecular formula is C13H10N2O3. The molecule has 0 N–H and O–H groups in total. The topological polar surface area (TPSA) is 65.3 Å². The van der Waals surface area contributed by atoms with Crippen LogP contribution in [0.5, 0.6) is 11.5 Å². The van der Waals surface area contributed by atoms with E-state index in [1.807, 2.05) is 0 Å². The van der Waals surface area contributed by atoms with Crippen LogP contribution in [-0.2, 0) is 0 Å². The fourth-order valence-electron chi connectivity index (χ4n) is 1.34. The summed E-state index contributed by atoms with van der Waals surface area (Å²) in [5.74, 6) is 1.30. The van der Waals surface area contributed by atoms with Gasteiger partial charge in [0.1, 0.15) is 11.5 Å². The molecule has 0 saturated carbocycles. The highest BCUT2D eigenvalue weighted by Crippen LogP contribution is 2.20. The molecule has 1 heterocycles. The molecule has 0 bridgehead atoms. The second kappa shape index (κ2) is 5.58. The van der Waals surface area contributed by atoms with Gasteiger partial charge in [0.15, 0.2) is 0 Å². The summed E-state index contributed by atoms with van der Waals surface area (Å²) in [4.78, 5) is 13.6. The Balaban J connectivity index is 2.06. The molecule has 0 amide bonds. The number of rotatable bonds is 4. The maximum atomic E-state index is 10.2. The first-order valence-corrected chi connectivity index (χ1v) is 5.24. The quantitative estimate of drug-likeness (QED) is 0.610. The zero-order chi connectivity index (χ0) is 12.8. The lowest BCUT2D eigenvalue weighted by molar-refractivity contribution is -0.400. The molecule has 0 aliphatic carbocycles. The van der Waals surface area contributed by atoms with Gasteiger partial charge in [0.05, 0.1) is 11.1 Å². The standard InChI is InChI=1S/C13H10N2O3/c16-15(17)9-7-11-3-5-12(6-4-11)18-13-2-1-8-14-10-13/h1-10H/b9-7+. The predicted molar refractivity (Wildman–Crippen MR) is 66.8 cm³/mol. The van der Waals surface area contributed by atoms with E-state index in [-0.39, 0.29) is 0 Å². The van der Waals surface area contributed by atoms with E-state index in [9.17, 15) is 10.1 Å². The Morgan fingerprint density at radius 1 is 1.17 bits per heavy atom. The average molecular weight is 242 g/mol. The first-order chi connectivity index (χ1) is 8.74. The first kappa shape index (κ1) is 11.8. The van der Waals surface area contributed by atoms with E-state index >= 15 is 0 Å². The minimum Gasteiger partial charge on any atom is -0.456 e. The van der Waals surface area contributed by atoms with Crippen molar-refractivity contribution in [2.45, 2.75) is 0 Å². The van der Waals surface area contributed by atoms with Gasteiger partial charge in [-0.1, -0.05) is 12.1 Å². The van der Waals surface area contributed by atoms with E-state index in [0.29, 0.717) is 11.5 Å². The molecule has 0 unspecified atom stereocenters. The lowest BCUT2D eigenvalue weighted by Gasteiger charge is -2.04. The van der Waals surface area contributed by atoms with E-state index < -0.39 is 4.92 Å². The Hall–Kier alpha value is -2.69. The minimum atomic E-state index is -0.500. The number of hydrogen-bond donors (Lipinski definition) is 0. The van der Waals surface area contributed by atoms with Crippen molar-refractivity contribution >= 4 is 6.08 Å². The lowest BCUT2D eigenvalue weighted by Crippen LogP contribution is -1.85. The summed E-state index contributed by atoms with van der Waals surface area (Å²) in [5, 5.41) is 10.2. The number of benzene rings is 1. The van der Waals surface area contributed by atoms with Crippen LogP contribution in [0.4, 0.5) is 0 Å². The lowest BCUT2D eigenvalue weighted by atomic mass is 10.2. The van der Waals surface area contributed by atoms with Crippen molar-refractivity contribution < 1.29 is 9.66 Å². The molecule has 0 radical (unpaired) electrons.